The van der Waals surface area contributed by atoms with Crippen molar-refractivity contribution in [2.45, 2.75) is 26.4 Å². The molecule has 0 atom stereocenters. The molecule has 35 heavy (non-hydrogen) atoms. The second kappa shape index (κ2) is 12.7. The maximum atomic E-state index is 12.2. The Morgan fingerprint density at radius 3 is 2.51 bits per heavy atom. The van der Waals surface area contributed by atoms with Crippen LogP contribution in [0.15, 0.2) is 71.8 Å². The predicted molar refractivity (Wildman–Crippen MR) is 132 cm³/mol. The SMILES string of the molecule is CCCc1ccc(OCC(=O)N/N=C\c2cc(OC)ccc2OCc2ccccc2)c([N+](=O)[O-])c1. The first-order valence-corrected chi connectivity index (χ1v) is 11.1. The van der Waals surface area contributed by atoms with Crippen molar-refractivity contribution in [1.29, 1.82) is 0 Å². The van der Waals surface area contributed by atoms with Gasteiger partial charge in [0.25, 0.3) is 5.91 Å². The Morgan fingerprint density at radius 2 is 1.80 bits per heavy atom. The molecule has 0 aliphatic heterocycles. The van der Waals surface area contributed by atoms with Crippen LogP contribution in [0.1, 0.15) is 30.0 Å². The second-order valence-corrected chi connectivity index (χ2v) is 7.57. The van der Waals surface area contributed by atoms with Crippen LogP contribution in [0.2, 0.25) is 0 Å². The van der Waals surface area contributed by atoms with E-state index in [1.165, 1.54) is 18.3 Å². The van der Waals surface area contributed by atoms with E-state index in [9.17, 15) is 14.9 Å². The van der Waals surface area contributed by atoms with Crippen LogP contribution in [0.5, 0.6) is 17.2 Å². The largest absolute Gasteiger partial charge is 0.497 e. The molecule has 3 rings (SSSR count). The molecule has 0 heterocycles. The fourth-order valence-corrected chi connectivity index (χ4v) is 3.24. The molecule has 0 unspecified atom stereocenters. The highest BCUT2D eigenvalue weighted by Gasteiger charge is 2.17. The number of hydrogen-bond acceptors (Lipinski definition) is 7. The van der Waals surface area contributed by atoms with Crippen molar-refractivity contribution in [2.24, 2.45) is 5.10 Å². The Labute approximate surface area is 203 Å². The zero-order chi connectivity index (χ0) is 25.0. The average molecular weight is 478 g/mol. The number of nitrogens with zero attached hydrogens (tertiary/aromatic N) is 2. The highest BCUT2D eigenvalue weighted by Crippen LogP contribution is 2.28. The number of nitrogens with one attached hydrogen (secondary N) is 1. The van der Waals surface area contributed by atoms with Crippen LogP contribution in [0.3, 0.4) is 0 Å². The number of amides is 1. The Bertz CT molecular complexity index is 1180. The van der Waals surface area contributed by atoms with Gasteiger partial charge in [0, 0.05) is 11.6 Å². The number of rotatable bonds is 12. The average Bonchev–Trinajstić information content (AvgIpc) is 2.87. The summed E-state index contributed by atoms with van der Waals surface area (Å²) in [6, 6.07) is 19.7. The normalized spacial score (nSPS) is 10.7. The Hall–Kier alpha value is -4.40. The first-order valence-electron chi connectivity index (χ1n) is 11.1. The van der Waals surface area contributed by atoms with Crippen LogP contribution in [0.4, 0.5) is 5.69 Å². The summed E-state index contributed by atoms with van der Waals surface area (Å²) in [7, 11) is 1.55. The van der Waals surface area contributed by atoms with E-state index in [2.05, 4.69) is 10.5 Å². The zero-order valence-electron chi connectivity index (χ0n) is 19.6. The van der Waals surface area contributed by atoms with Gasteiger partial charge in [-0.25, -0.2) is 5.43 Å². The Balaban J connectivity index is 1.61. The highest BCUT2D eigenvalue weighted by molar-refractivity contribution is 5.86. The van der Waals surface area contributed by atoms with Crippen LogP contribution in [-0.2, 0) is 17.8 Å². The number of methoxy groups -OCH3 is 1. The number of ether oxygens (including phenoxy) is 3. The zero-order valence-corrected chi connectivity index (χ0v) is 19.6. The number of nitro benzene ring substituents is 1. The van der Waals surface area contributed by atoms with Crippen molar-refractivity contribution in [3.63, 3.8) is 0 Å². The Morgan fingerprint density at radius 1 is 1.03 bits per heavy atom. The van der Waals surface area contributed by atoms with E-state index >= 15 is 0 Å². The summed E-state index contributed by atoms with van der Waals surface area (Å²) < 4.78 is 16.5. The van der Waals surface area contributed by atoms with E-state index in [4.69, 9.17) is 14.2 Å². The lowest BCUT2D eigenvalue weighted by atomic mass is 10.1. The predicted octanol–water partition coefficient (Wildman–Crippen LogP) is 4.66. The van der Waals surface area contributed by atoms with Gasteiger partial charge < -0.3 is 14.2 Å². The molecule has 9 heteroatoms. The summed E-state index contributed by atoms with van der Waals surface area (Å²) in [5, 5.41) is 15.3. The summed E-state index contributed by atoms with van der Waals surface area (Å²) >= 11 is 0. The van der Waals surface area contributed by atoms with E-state index in [1.807, 2.05) is 37.3 Å². The van der Waals surface area contributed by atoms with Gasteiger partial charge in [-0.2, -0.15) is 5.10 Å². The van der Waals surface area contributed by atoms with Crippen LogP contribution in [-0.4, -0.2) is 30.8 Å². The van der Waals surface area contributed by atoms with E-state index < -0.39 is 17.4 Å². The van der Waals surface area contributed by atoms with Crippen molar-refractivity contribution < 1.29 is 23.9 Å². The lowest BCUT2D eigenvalue weighted by molar-refractivity contribution is -0.385. The third-order valence-electron chi connectivity index (χ3n) is 4.96. The first kappa shape index (κ1) is 25.2. The second-order valence-electron chi connectivity index (χ2n) is 7.57. The molecule has 3 aromatic carbocycles. The molecule has 0 aliphatic rings. The number of hydrazone groups is 1. The lowest BCUT2D eigenvalue weighted by Crippen LogP contribution is -2.24. The molecule has 0 saturated carbocycles. The summed E-state index contributed by atoms with van der Waals surface area (Å²) in [4.78, 5) is 23.0. The number of aryl methyl sites for hydroxylation is 1. The minimum Gasteiger partial charge on any atom is -0.497 e. The van der Waals surface area contributed by atoms with E-state index in [0.717, 1.165) is 24.0 Å². The molecule has 3 aromatic rings. The van der Waals surface area contributed by atoms with Crippen LogP contribution in [0.25, 0.3) is 0 Å². The summed E-state index contributed by atoms with van der Waals surface area (Å²) in [5.41, 5.74) is 4.63. The third kappa shape index (κ3) is 7.56. The smallest absolute Gasteiger partial charge is 0.311 e. The molecule has 0 saturated heterocycles. The highest BCUT2D eigenvalue weighted by atomic mass is 16.6. The summed E-state index contributed by atoms with van der Waals surface area (Å²) in [6.07, 6.45) is 3.02. The maximum absolute atomic E-state index is 12.2. The standard InChI is InChI=1S/C26H27N3O6/c1-3-7-19-10-12-25(23(14-19)29(31)32)35-18-26(30)28-27-16-21-15-22(33-2)11-13-24(21)34-17-20-8-5-4-6-9-20/h4-6,8-16H,3,7,17-18H2,1-2H3,(H,28,30)/b27-16-. The fraction of sp³-hybridized carbons (Fsp3) is 0.231. The molecule has 1 N–H and O–H groups in total. The van der Waals surface area contributed by atoms with Gasteiger partial charge in [-0.05, 0) is 41.8 Å². The Kier molecular flexibility index (Phi) is 9.18. The molecule has 182 valence electrons. The topological polar surface area (TPSA) is 112 Å². The third-order valence-corrected chi connectivity index (χ3v) is 4.96. The monoisotopic (exact) mass is 477 g/mol. The van der Waals surface area contributed by atoms with Gasteiger partial charge in [-0.3, -0.25) is 14.9 Å². The van der Waals surface area contributed by atoms with Gasteiger partial charge in [-0.1, -0.05) is 49.7 Å². The molecular formula is C26H27N3O6. The summed E-state index contributed by atoms with van der Waals surface area (Å²) in [6.45, 7) is 1.93. The van der Waals surface area contributed by atoms with Crippen molar-refractivity contribution in [1.82, 2.24) is 5.43 Å². The van der Waals surface area contributed by atoms with Crippen molar-refractivity contribution >= 4 is 17.8 Å². The van der Waals surface area contributed by atoms with Crippen molar-refractivity contribution in [2.75, 3.05) is 13.7 Å². The van der Waals surface area contributed by atoms with Gasteiger partial charge in [0.2, 0.25) is 0 Å². The minimum absolute atomic E-state index is 0.0263. The van der Waals surface area contributed by atoms with Crippen molar-refractivity contribution in [3.8, 4) is 17.2 Å². The molecule has 1 amide bonds. The van der Waals surface area contributed by atoms with Gasteiger partial charge in [0.05, 0.1) is 18.2 Å². The quantitative estimate of drug-likeness (QED) is 0.231. The number of nitro groups is 1. The van der Waals surface area contributed by atoms with Crippen LogP contribution >= 0.6 is 0 Å². The van der Waals surface area contributed by atoms with E-state index in [-0.39, 0.29) is 11.4 Å². The number of carbonyl (C=O) groups is 1. The molecule has 9 nitrogen and oxygen atoms in total. The van der Waals surface area contributed by atoms with Gasteiger partial charge in [0.1, 0.15) is 18.1 Å². The molecule has 0 fully saturated rings. The van der Waals surface area contributed by atoms with Crippen LogP contribution in [0, 0.1) is 10.1 Å². The number of benzene rings is 3. The number of hydrogen-bond donors (Lipinski definition) is 1. The number of carbonyl (C=O) groups excluding carboxylic acids is 1. The van der Waals surface area contributed by atoms with Gasteiger partial charge in [0.15, 0.2) is 12.4 Å². The molecule has 0 radical (unpaired) electrons. The van der Waals surface area contributed by atoms with Gasteiger partial charge >= 0.3 is 5.69 Å². The molecular weight excluding hydrogens is 450 g/mol. The molecule has 0 spiro atoms. The van der Waals surface area contributed by atoms with E-state index in [0.29, 0.717) is 23.7 Å². The van der Waals surface area contributed by atoms with E-state index in [1.54, 1.807) is 31.4 Å². The molecule has 0 aliphatic carbocycles. The molecule has 0 bridgehead atoms. The lowest BCUT2D eigenvalue weighted by Gasteiger charge is -2.11. The summed E-state index contributed by atoms with van der Waals surface area (Å²) in [5.74, 6) is 0.625. The molecule has 0 aromatic heterocycles. The fourth-order valence-electron chi connectivity index (χ4n) is 3.24. The maximum Gasteiger partial charge on any atom is 0.311 e. The minimum atomic E-state index is -0.567. The van der Waals surface area contributed by atoms with Gasteiger partial charge in [-0.15, -0.1) is 0 Å². The van der Waals surface area contributed by atoms with Crippen LogP contribution < -0.4 is 19.6 Å². The first-order chi connectivity index (χ1) is 17.0. The van der Waals surface area contributed by atoms with Crippen molar-refractivity contribution in [3.05, 3.63) is 93.5 Å².